The summed E-state index contributed by atoms with van der Waals surface area (Å²) in [6.07, 6.45) is 0.604. The van der Waals surface area contributed by atoms with Gasteiger partial charge < -0.3 is 21.1 Å². The highest BCUT2D eigenvalue weighted by molar-refractivity contribution is 7.89. The van der Waals surface area contributed by atoms with Gasteiger partial charge in [0.05, 0.1) is 11.5 Å². The molecule has 0 heterocycles. The zero-order valence-electron chi connectivity index (χ0n) is 17.5. The zero-order chi connectivity index (χ0) is 22.3. The Hall–Kier alpha value is -2.85. The Morgan fingerprint density at radius 1 is 1.17 bits per heavy atom. The largest absolute Gasteiger partial charge is 0.465 e. The van der Waals surface area contributed by atoms with Crippen LogP contribution in [-0.2, 0) is 19.6 Å². The van der Waals surface area contributed by atoms with Crippen molar-refractivity contribution in [1.29, 1.82) is 0 Å². The average molecular weight is 436 g/mol. The number of hydrogen-bond donors (Lipinski definition) is 3. The number of benzene rings is 2. The minimum absolute atomic E-state index is 0.0595. The number of sulfonamides is 1. The normalized spacial score (nSPS) is 12.4. The second kappa shape index (κ2) is 10.3. The first-order valence-corrected chi connectivity index (χ1v) is 11.1. The lowest BCUT2D eigenvalue weighted by molar-refractivity contribution is -0.145. The summed E-state index contributed by atoms with van der Waals surface area (Å²) in [5.74, 6) is -0.698. The van der Waals surface area contributed by atoms with Gasteiger partial charge in [-0.05, 0) is 31.9 Å². The fourth-order valence-corrected chi connectivity index (χ4v) is 4.55. The summed E-state index contributed by atoms with van der Waals surface area (Å²) < 4.78 is 33.9. The highest BCUT2D eigenvalue weighted by Crippen LogP contribution is 2.30. The maximum atomic E-state index is 13.2. The molecule has 0 aliphatic heterocycles. The molecule has 1 atom stereocenters. The van der Waals surface area contributed by atoms with E-state index in [-0.39, 0.29) is 30.4 Å². The van der Waals surface area contributed by atoms with Gasteiger partial charge in [-0.2, -0.15) is 4.72 Å². The number of rotatable bonds is 10. The van der Waals surface area contributed by atoms with E-state index in [4.69, 9.17) is 16.2 Å². The minimum Gasteiger partial charge on any atom is -0.465 e. The molecule has 0 saturated carbocycles. The van der Waals surface area contributed by atoms with Gasteiger partial charge in [0.15, 0.2) is 5.96 Å². The van der Waals surface area contributed by atoms with E-state index in [2.05, 4.69) is 9.71 Å². The van der Waals surface area contributed by atoms with Crippen LogP contribution in [0.2, 0.25) is 0 Å². The van der Waals surface area contributed by atoms with E-state index in [9.17, 15) is 13.2 Å². The molecule has 0 spiro atoms. The number of nitrogens with one attached hydrogen (secondary N) is 1. The Kier molecular flexibility index (Phi) is 8.01. The lowest BCUT2D eigenvalue weighted by Gasteiger charge is -2.19. The van der Waals surface area contributed by atoms with Gasteiger partial charge in [-0.1, -0.05) is 24.3 Å². The second-order valence-corrected chi connectivity index (χ2v) is 8.58. The molecule has 30 heavy (non-hydrogen) atoms. The fraction of sp³-hybridized carbons (Fsp3) is 0.400. The number of ether oxygens (including phenoxy) is 1. The highest BCUT2D eigenvalue weighted by atomic mass is 32.2. The van der Waals surface area contributed by atoms with Crippen molar-refractivity contribution in [3.63, 3.8) is 0 Å². The second-order valence-electron chi connectivity index (χ2n) is 6.90. The van der Waals surface area contributed by atoms with Crippen LogP contribution in [0.5, 0.6) is 0 Å². The van der Waals surface area contributed by atoms with Crippen LogP contribution in [0.1, 0.15) is 19.8 Å². The molecule has 0 aliphatic rings. The maximum Gasteiger partial charge on any atom is 0.324 e. The lowest BCUT2D eigenvalue weighted by Crippen LogP contribution is -2.42. The van der Waals surface area contributed by atoms with Crippen LogP contribution < -0.4 is 21.1 Å². The maximum absolute atomic E-state index is 13.2. The van der Waals surface area contributed by atoms with Crippen LogP contribution in [0, 0.1) is 0 Å². The van der Waals surface area contributed by atoms with Gasteiger partial charge in [0.25, 0.3) is 0 Å². The number of carbonyl (C=O) groups excluding carboxylic acids is 1. The van der Waals surface area contributed by atoms with E-state index in [0.29, 0.717) is 11.8 Å². The molecule has 0 fully saturated rings. The van der Waals surface area contributed by atoms with Crippen molar-refractivity contribution >= 4 is 38.4 Å². The van der Waals surface area contributed by atoms with Gasteiger partial charge >= 0.3 is 5.97 Å². The van der Waals surface area contributed by atoms with Crippen molar-refractivity contribution in [2.24, 2.45) is 16.5 Å². The molecule has 1 unspecified atom stereocenters. The topological polar surface area (TPSA) is 140 Å². The smallest absolute Gasteiger partial charge is 0.324 e. The molecular formula is C20H29N5O4S. The number of aliphatic imine (C=N–C) groups is 1. The van der Waals surface area contributed by atoms with Crippen molar-refractivity contribution < 1.29 is 17.9 Å². The molecule has 0 radical (unpaired) electrons. The van der Waals surface area contributed by atoms with Crippen molar-refractivity contribution in [2.45, 2.75) is 30.7 Å². The molecule has 0 amide bonds. The summed E-state index contributed by atoms with van der Waals surface area (Å²) >= 11 is 0. The Labute approximate surface area is 177 Å². The predicted octanol–water partition coefficient (Wildman–Crippen LogP) is 1.17. The summed E-state index contributed by atoms with van der Waals surface area (Å²) in [5.41, 5.74) is 11.5. The van der Waals surface area contributed by atoms with Gasteiger partial charge in [0.2, 0.25) is 10.0 Å². The van der Waals surface area contributed by atoms with Gasteiger partial charge in [0.1, 0.15) is 6.04 Å². The number of hydrogen-bond acceptors (Lipinski definition) is 6. The molecule has 0 bridgehead atoms. The average Bonchev–Trinajstić information content (AvgIpc) is 2.69. The molecule has 0 aromatic heterocycles. The molecule has 164 valence electrons. The number of nitrogens with two attached hydrogens (primary N) is 2. The van der Waals surface area contributed by atoms with Gasteiger partial charge in [-0.15, -0.1) is 0 Å². The molecule has 10 heteroatoms. The van der Waals surface area contributed by atoms with Crippen LogP contribution in [0.3, 0.4) is 0 Å². The van der Waals surface area contributed by atoms with Crippen molar-refractivity contribution in [3.05, 3.63) is 36.4 Å². The highest BCUT2D eigenvalue weighted by Gasteiger charge is 2.27. The summed E-state index contributed by atoms with van der Waals surface area (Å²) in [4.78, 5) is 18.2. The minimum atomic E-state index is -4.00. The molecule has 2 rings (SSSR count). The molecule has 0 aliphatic carbocycles. The van der Waals surface area contributed by atoms with Gasteiger partial charge in [-0.3, -0.25) is 9.79 Å². The number of nitrogens with zero attached hydrogens (tertiary/aromatic N) is 2. The SMILES string of the molecule is CCOC(=O)C(CCCN=C(N)N)NS(=O)(=O)c1cccc2c(N(C)C)cccc12. The third-order valence-electron chi connectivity index (χ3n) is 4.44. The van der Waals surface area contributed by atoms with E-state index < -0.39 is 22.0 Å². The molecule has 2 aromatic rings. The molecule has 0 saturated heterocycles. The quantitative estimate of drug-likeness (QED) is 0.220. The van der Waals surface area contributed by atoms with Crippen LogP contribution in [0.4, 0.5) is 5.69 Å². The van der Waals surface area contributed by atoms with Crippen molar-refractivity contribution in [2.75, 3.05) is 32.1 Å². The Bertz CT molecular complexity index is 1020. The lowest BCUT2D eigenvalue weighted by atomic mass is 10.1. The first kappa shape index (κ1) is 23.4. The summed E-state index contributed by atoms with van der Waals surface area (Å²) in [6, 6.07) is 9.48. The predicted molar refractivity (Wildman–Crippen MR) is 119 cm³/mol. The third kappa shape index (κ3) is 5.83. The zero-order valence-corrected chi connectivity index (χ0v) is 18.3. The number of anilines is 1. The van der Waals surface area contributed by atoms with Crippen molar-refractivity contribution in [1.82, 2.24) is 4.72 Å². The van der Waals surface area contributed by atoms with Crippen LogP contribution in [0.25, 0.3) is 10.8 Å². The van der Waals surface area contributed by atoms with Gasteiger partial charge in [0, 0.05) is 37.1 Å². The molecule has 9 nitrogen and oxygen atoms in total. The Morgan fingerprint density at radius 3 is 2.47 bits per heavy atom. The summed E-state index contributed by atoms with van der Waals surface area (Å²) in [6.45, 7) is 2.09. The van der Waals surface area contributed by atoms with Crippen LogP contribution >= 0.6 is 0 Å². The van der Waals surface area contributed by atoms with Gasteiger partial charge in [-0.25, -0.2) is 8.42 Å². The fourth-order valence-electron chi connectivity index (χ4n) is 3.11. The first-order valence-electron chi connectivity index (χ1n) is 9.60. The van der Waals surface area contributed by atoms with E-state index in [1.165, 1.54) is 6.07 Å². The number of esters is 1. The van der Waals surface area contributed by atoms with E-state index >= 15 is 0 Å². The molecular weight excluding hydrogens is 406 g/mol. The third-order valence-corrected chi connectivity index (χ3v) is 5.97. The van der Waals surface area contributed by atoms with Crippen LogP contribution in [-0.4, -0.2) is 53.6 Å². The number of guanidine groups is 1. The Balaban J connectivity index is 2.36. The van der Waals surface area contributed by atoms with E-state index in [1.807, 2.05) is 31.1 Å². The first-order chi connectivity index (χ1) is 14.2. The molecule has 2 aromatic carbocycles. The Morgan fingerprint density at radius 2 is 1.83 bits per heavy atom. The number of carbonyl (C=O) groups is 1. The summed E-state index contributed by atoms with van der Waals surface area (Å²) in [7, 11) is -0.219. The monoisotopic (exact) mass is 435 g/mol. The standard InChI is InChI=1S/C20H29N5O4S/c1-4-29-19(26)16(10-7-13-23-20(21)22)24-30(27,28)18-12-6-8-14-15(18)9-5-11-17(14)25(2)3/h5-6,8-9,11-12,16,24H,4,7,10,13H2,1-3H3,(H4,21,22,23). The number of fused-ring (bicyclic) bond motifs is 1. The van der Waals surface area contributed by atoms with E-state index in [1.54, 1.807) is 25.1 Å². The van der Waals surface area contributed by atoms with E-state index in [0.717, 1.165) is 11.1 Å². The molecule has 5 N–H and O–H groups in total. The summed E-state index contributed by atoms with van der Waals surface area (Å²) in [5, 5.41) is 1.37. The van der Waals surface area contributed by atoms with Crippen LogP contribution in [0.15, 0.2) is 46.3 Å². The van der Waals surface area contributed by atoms with Crippen molar-refractivity contribution in [3.8, 4) is 0 Å².